The lowest BCUT2D eigenvalue weighted by Crippen LogP contribution is -2.52. The first-order valence-corrected chi connectivity index (χ1v) is 12.3. The van der Waals surface area contributed by atoms with Gasteiger partial charge in [0.1, 0.15) is 17.8 Å². The molecule has 0 saturated heterocycles. The smallest absolute Gasteiger partial charge is 0.313 e. The molecule has 0 N–H and O–H groups in total. The van der Waals surface area contributed by atoms with Crippen molar-refractivity contribution in [3.8, 4) is 6.07 Å². The van der Waals surface area contributed by atoms with E-state index >= 15 is 0 Å². The Morgan fingerprint density at radius 1 is 1.24 bits per heavy atom. The summed E-state index contributed by atoms with van der Waals surface area (Å²) in [6.45, 7) is 4.36. The Balaban J connectivity index is 1.81. The Bertz CT molecular complexity index is 995. The van der Waals surface area contributed by atoms with E-state index in [-0.39, 0.29) is 18.3 Å². The summed E-state index contributed by atoms with van der Waals surface area (Å²) in [6, 6.07) is 12.2. The second kappa shape index (κ2) is 11.3. The fourth-order valence-electron chi connectivity index (χ4n) is 4.15. The van der Waals surface area contributed by atoms with E-state index in [1.807, 2.05) is 41.8 Å². The van der Waals surface area contributed by atoms with Crippen LogP contribution in [0.3, 0.4) is 0 Å². The average molecular weight is 470 g/mol. The van der Waals surface area contributed by atoms with Crippen molar-refractivity contribution < 1.29 is 14.3 Å². The topological polar surface area (TPSA) is 101 Å². The van der Waals surface area contributed by atoms with Gasteiger partial charge in [0.25, 0.3) is 0 Å². The molecule has 0 spiro atoms. The number of nitrogens with zero attached hydrogens (tertiary/aromatic N) is 5. The number of benzene rings is 1. The van der Waals surface area contributed by atoms with Gasteiger partial charge >= 0.3 is 5.97 Å². The summed E-state index contributed by atoms with van der Waals surface area (Å²) in [4.78, 5) is 27.0. The number of ether oxygens (including phenoxy) is 1. The molecular formula is C24H31N5O3S. The number of hydrogen-bond acceptors (Lipinski definition) is 7. The van der Waals surface area contributed by atoms with Gasteiger partial charge in [0.15, 0.2) is 5.16 Å². The Labute approximate surface area is 199 Å². The van der Waals surface area contributed by atoms with Gasteiger partial charge in [-0.05, 0) is 32.3 Å². The molecule has 1 amide bonds. The summed E-state index contributed by atoms with van der Waals surface area (Å²) in [5.74, 6) is 0.0196. The van der Waals surface area contributed by atoms with Gasteiger partial charge in [-0.1, -0.05) is 61.4 Å². The maximum absolute atomic E-state index is 13.3. The number of carbonyl (C=O) groups is 2. The van der Waals surface area contributed by atoms with Crippen molar-refractivity contribution in [1.82, 2.24) is 19.7 Å². The molecule has 1 aromatic heterocycles. The van der Waals surface area contributed by atoms with Gasteiger partial charge in [-0.2, -0.15) is 5.26 Å². The normalized spacial score (nSPS) is 15.9. The largest absolute Gasteiger partial charge is 0.466 e. The second-order valence-electron chi connectivity index (χ2n) is 8.31. The molecule has 1 fully saturated rings. The summed E-state index contributed by atoms with van der Waals surface area (Å²) < 4.78 is 6.95. The average Bonchev–Trinajstić information content (AvgIpc) is 3.19. The van der Waals surface area contributed by atoms with Crippen molar-refractivity contribution in [2.24, 2.45) is 0 Å². The standard InChI is InChI=1S/C24H31N5O3S/c1-4-32-21(30)15-20-26-27-23(29(20)16-19-11-7-5-8-12-19)33-18(2)22(31)28(3)24(17-25)13-9-6-10-14-24/h5,7-8,11-12,18H,4,6,9-10,13-16H2,1-3H3/t18-/m1/s1. The molecule has 0 aliphatic heterocycles. The number of rotatable bonds is 9. The van der Waals surface area contributed by atoms with Crippen LogP contribution in [0.2, 0.25) is 0 Å². The van der Waals surface area contributed by atoms with E-state index < -0.39 is 10.8 Å². The van der Waals surface area contributed by atoms with Crippen LogP contribution in [-0.2, 0) is 27.3 Å². The van der Waals surface area contributed by atoms with E-state index in [0.717, 1.165) is 24.8 Å². The number of esters is 1. The van der Waals surface area contributed by atoms with Crippen LogP contribution in [0.25, 0.3) is 0 Å². The van der Waals surface area contributed by atoms with Gasteiger partial charge in [0.05, 0.1) is 24.5 Å². The Morgan fingerprint density at radius 3 is 2.58 bits per heavy atom. The quantitative estimate of drug-likeness (QED) is 0.408. The van der Waals surface area contributed by atoms with Crippen LogP contribution < -0.4 is 0 Å². The van der Waals surface area contributed by atoms with E-state index in [2.05, 4.69) is 16.3 Å². The fraction of sp³-hybridized carbons (Fsp3) is 0.542. The molecule has 1 heterocycles. The van der Waals surface area contributed by atoms with Gasteiger partial charge in [0.2, 0.25) is 5.91 Å². The van der Waals surface area contributed by atoms with Gasteiger partial charge in [-0.3, -0.25) is 9.59 Å². The second-order valence-corrected chi connectivity index (χ2v) is 9.62. The lowest BCUT2D eigenvalue weighted by atomic mass is 9.81. The summed E-state index contributed by atoms with van der Waals surface area (Å²) >= 11 is 1.30. The van der Waals surface area contributed by atoms with E-state index in [1.165, 1.54) is 11.8 Å². The molecule has 1 aliphatic carbocycles. The Hall–Kier alpha value is -2.86. The molecule has 2 aromatic rings. The highest BCUT2D eigenvalue weighted by Gasteiger charge is 2.40. The molecule has 1 atom stereocenters. The van der Waals surface area contributed by atoms with E-state index in [9.17, 15) is 14.9 Å². The van der Waals surface area contributed by atoms with Crippen molar-refractivity contribution >= 4 is 23.6 Å². The Kier molecular flexibility index (Phi) is 8.50. The van der Waals surface area contributed by atoms with Crippen LogP contribution in [0, 0.1) is 11.3 Å². The molecule has 3 rings (SSSR count). The molecule has 176 valence electrons. The van der Waals surface area contributed by atoms with Crippen LogP contribution in [0.15, 0.2) is 35.5 Å². The molecule has 0 bridgehead atoms. The van der Waals surface area contributed by atoms with Gasteiger partial charge < -0.3 is 14.2 Å². The molecule has 0 unspecified atom stereocenters. The number of aromatic nitrogens is 3. The van der Waals surface area contributed by atoms with Crippen molar-refractivity contribution in [2.45, 2.75) is 74.9 Å². The van der Waals surface area contributed by atoms with Gasteiger partial charge in [-0.25, -0.2) is 0 Å². The minimum absolute atomic E-state index is 0.00794. The lowest BCUT2D eigenvalue weighted by Gasteiger charge is -2.40. The zero-order valence-corrected chi connectivity index (χ0v) is 20.3. The number of carbonyl (C=O) groups excluding carboxylic acids is 2. The number of thioether (sulfide) groups is 1. The Morgan fingerprint density at radius 2 is 1.94 bits per heavy atom. The highest BCUT2D eigenvalue weighted by molar-refractivity contribution is 8.00. The zero-order chi connectivity index (χ0) is 23.8. The summed E-state index contributed by atoms with van der Waals surface area (Å²) in [7, 11) is 1.73. The minimum Gasteiger partial charge on any atom is -0.466 e. The highest BCUT2D eigenvalue weighted by Crippen LogP contribution is 2.34. The third-order valence-corrected chi connectivity index (χ3v) is 7.14. The molecule has 33 heavy (non-hydrogen) atoms. The first-order valence-electron chi connectivity index (χ1n) is 11.4. The van der Waals surface area contributed by atoms with Crippen LogP contribution >= 0.6 is 11.8 Å². The first-order chi connectivity index (χ1) is 15.9. The minimum atomic E-state index is -0.739. The summed E-state index contributed by atoms with van der Waals surface area (Å²) in [6.07, 6.45) is 4.42. The zero-order valence-electron chi connectivity index (χ0n) is 19.5. The summed E-state index contributed by atoms with van der Waals surface area (Å²) in [5.41, 5.74) is 0.294. The molecule has 0 radical (unpaired) electrons. The predicted molar refractivity (Wildman–Crippen MR) is 125 cm³/mol. The third-order valence-electron chi connectivity index (χ3n) is 6.08. The van der Waals surface area contributed by atoms with Gasteiger partial charge in [-0.15, -0.1) is 10.2 Å². The number of nitriles is 1. The SMILES string of the molecule is CCOC(=O)Cc1nnc(S[C@H](C)C(=O)N(C)C2(C#N)CCCCC2)n1Cc1ccccc1. The molecule has 1 aromatic carbocycles. The number of amides is 1. The van der Waals surface area contributed by atoms with Crippen LogP contribution in [0.5, 0.6) is 0 Å². The first kappa shape index (κ1) is 24.8. The van der Waals surface area contributed by atoms with Crippen LogP contribution in [0.1, 0.15) is 57.3 Å². The maximum atomic E-state index is 13.3. The maximum Gasteiger partial charge on any atom is 0.313 e. The molecule has 1 saturated carbocycles. The molecule has 8 nitrogen and oxygen atoms in total. The summed E-state index contributed by atoms with van der Waals surface area (Å²) in [5, 5.41) is 18.5. The van der Waals surface area contributed by atoms with Crippen molar-refractivity contribution in [3.05, 3.63) is 41.7 Å². The lowest BCUT2D eigenvalue weighted by molar-refractivity contribution is -0.142. The molecular weight excluding hydrogens is 438 g/mol. The van der Waals surface area contributed by atoms with Crippen LogP contribution in [-0.4, -0.2) is 56.0 Å². The number of hydrogen-bond donors (Lipinski definition) is 0. The fourth-order valence-corrected chi connectivity index (χ4v) is 5.11. The van der Waals surface area contributed by atoms with Crippen molar-refractivity contribution in [1.29, 1.82) is 5.26 Å². The van der Waals surface area contributed by atoms with Crippen molar-refractivity contribution in [2.75, 3.05) is 13.7 Å². The van der Waals surface area contributed by atoms with Crippen LogP contribution in [0.4, 0.5) is 0 Å². The van der Waals surface area contributed by atoms with E-state index in [0.29, 0.717) is 37.0 Å². The van der Waals surface area contributed by atoms with E-state index in [4.69, 9.17) is 4.74 Å². The monoisotopic (exact) mass is 469 g/mol. The molecule has 9 heteroatoms. The predicted octanol–water partition coefficient (Wildman–Crippen LogP) is 3.60. The van der Waals surface area contributed by atoms with Gasteiger partial charge in [0, 0.05) is 7.05 Å². The third kappa shape index (κ3) is 5.93. The van der Waals surface area contributed by atoms with E-state index in [1.54, 1.807) is 18.9 Å². The van der Waals surface area contributed by atoms with Crippen molar-refractivity contribution in [3.63, 3.8) is 0 Å². The highest BCUT2D eigenvalue weighted by atomic mass is 32.2. The molecule has 1 aliphatic rings.